The summed E-state index contributed by atoms with van der Waals surface area (Å²) in [5.41, 5.74) is 0.874. The van der Waals surface area contributed by atoms with Crippen molar-refractivity contribution < 1.29 is 14.1 Å². The number of carbonyl (C=O) groups excluding carboxylic acids is 2. The first-order valence-corrected chi connectivity index (χ1v) is 7.07. The van der Waals surface area contributed by atoms with E-state index < -0.39 is 0 Å². The molecule has 0 bridgehead atoms. The third kappa shape index (κ3) is 2.83. The highest BCUT2D eigenvalue weighted by Crippen LogP contribution is 2.11. The molecule has 3 heterocycles. The van der Waals surface area contributed by atoms with Gasteiger partial charge in [-0.3, -0.25) is 14.6 Å². The molecule has 1 fully saturated rings. The zero-order valence-electron chi connectivity index (χ0n) is 12.2. The highest BCUT2D eigenvalue weighted by atomic mass is 16.5. The molecular weight excluding hydrogens is 284 g/mol. The minimum atomic E-state index is -0.162. The van der Waals surface area contributed by atoms with Crippen molar-refractivity contribution in [2.75, 3.05) is 26.2 Å². The number of rotatable bonds is 2. The highest BCUT2D eigenvalue weighted by molar-refractivity contribution is 5.95. The Bertz CT molecular complexity index is 675. The summed E-state index contributed by atoms with van der Waals surface area (Å²) in [4.78, 5) is 31.9. The second-order valence-electron chi connectivity index (χ2n) is 5.15. The molecule has 1 saturated heterocycles. The second kappa shape index (κ2) is 5.97. The minimum absolute atomic E-state index is 0.0579. The number of aryl methyl sites for hydroxylation is 1. The smallest absolute Gasteiger partial charge is 0.276 e. The lowest BCUT2D eigenvalue weighted by Gasteiger charge is -2.34. The lowest BCUT2D eigenvalue weighted by atomic mass is 10.2. The first-order chi connectivity index (χ1) is 10.6. The van der Waals surface area contributed by atoms with E-state index in [4.69, 9.17) is 4.52 Å². The SMILES string of the molecule is Cc1cc(C(=O)N2CCN(C(=O)c3cccnc3)CC2)no1. The molecule has 7 heteroatoms. The number of pyridine rings is 1. The van der Waals surface area contributed by atoms with Crippen molar-refractivity contribution in [3.05, 3.63) is 47.6 Å². The molecule has 114 valence electrons. The van der Waals surface area contributed by atoms with E-state index in [1.807, 2.05) is 0 Å². The largest absolute Gasteiger partial charge is 0.361 e. The third-order valence-corrected chi connectivity index (χ3v) is 3.61. The maximum atomic E-state index is 12.3. The van der Waals surface area contributed by atoms with E-state index in [0.717, 1.165) is 0 Å². The average molecular weight is 300 g/mol. The van der Waals surface area contributed by atoms with Gasteiger partial charge in [-0.25, -0.2) is 0 Å². The second-order valence-corrected chi connectivity index (χ2v) is 5.15. The van der Waals surface area contributed by atoms with Crippen LogP contribution in [0.3, 0.4) is 0 Å². The van der Waals surface area contributed by atoms with Gasteiger partial charge in [-0.1, -0.05) is 5.16 Å². The standard InChI is InChI=1S/C15H16N4O3/c1-11-9-13(17-22-11)15(21)19-7-5-18(6-8-19)14(20)12-3-2-4-16-10-12/h2-4,9-10H,5-8H2,1H3. The average Bonchev–Trinajstić information content (AvgIpc) is 3.01. The number of aromatic nitrogens is 2. The molecule has 1 aliphatic rings. The van der Waals surface area contributed by atoms with E-state index >= 15 is 0 Å². The maximum absolute atomic E-state index is 12.3. The van der Waals surface area contributed by atoms with Crippen molar-refractivity contribution >= 4 is 11.8 Å². The molecule has 0 aliphatic carbocycles. The number of hydrogen-bond acceptors (Lipinski definition) is 5. The van der Waals surface area contributed by atoms with E-state index in [9.17, 15) is 9.59 Å². The van der Waals surface area contributed by atoms with E-state index in [1.54, 1.807) is 47.3 Å². The van der Waals surface area contributed by atoms with Crippen LogP contribution in [0.2, 0.25) is 0 Å². The number of carbonyl (C=O) groups is 2. The van der Waals surface area contributed by atoms with Crippen molar-refractivity contribution in [1.82, 2.24) is 19.9 Å². The summed E-state index contributed by atoms with van der Waals surface area (Å²) in [5, 5.41) is 3.74. The Kier molecular flexibility index (Phi) is 3.86. The molecule has 2 aromatic rings. The van der Waals surface area contributed by atoms with Gasteiger partial charge in [-0.2, -0.15) is 0 Å². The number of nitrogens with zero attached hydrogens (tertiary/aromatic N) is 4. The predicted molar refractivity (Wildman–Crippen MR) is 77.3 cm³/mol. The molecule has 3 rings (SSSR count). The quantitative estimate of drug-likeness (QED) is 0.826. The Morgan fingerprint density at radius 3 is 2.36 bits per heavy atom. The topological polar surface area (TPSA) is 79.5 Å². The van der Waals surface area contributed by atoms with Crippen LogP contribution in [0.5, 0.6) is 0 Å². The van der Waals surface area contributed by atoms with Crippen LogP contribution in [-0.2, 0) is 0 Å². The number of piperazine rings is 1. The molecule has 0 aromatic carbocycles. The zero-order chi connectivity index (χ0) is 15.5. The molecule has 7 nitrogen and oxygen atoms in total. The Balaban J connectivity index is 1.61. The molecule has 0 saturated carbocycles. The van der Waals surface area contributed by atoms with E-state index in [1.165, 1.54) is 0 Å². The van der Waals surface area contributed by atoms with Gasteiger partial charge in [0.25, 0.3) is 11.8 Å². The first kappa shape index (κ1) is 14.2. The van der Waals surface area contributed by atoms with Gasteiger partial charge >= 0.3 is 0 Å². The van der Waals surface area contributed by atoms with Crippen LogP contribution >= 0.6 is 0 Å². The van der Waals surface area contributed by atoms with Crippen molar-refractivity contribution in [2.24, 2.45) is 0 Å². The predicted octanol–water partition coefficient (Wildman–Crippen LogP) is 0.976. The lowest BCUT2D eigenvalue weighted by Crippen LogP contribution is -2.50. The Morgan fingerprint density at radius 1 is 1.14 bits per heavy atom. The van der Waals surface area contributed by atoms with Gasteiger partial charge in [0.05, 0.1) is 5.56 Å². The molecule has 22 heavy (non-hydrogen) atoms. The van der Waals surface area contributed by atoms with Crippen LogP contribution in [0, 0.1) is 6.92 Å². The monoisotopic (exact) mass is 300 g/mol. The molecule has 0 unspecified atom stereocenters. The summed E-state index contributed by atoms with van der Waals surface area (Å²) in [7, 11) is 0. The summed E-state index contributed by atoms with van der Waals surface area (Å²) >= 11 is 0. The fourth-order valence-corrected chi connectivity index (χ4v) is 2.41. The lowest BCUT2D eigenvalue weighted by molar-refractivity contribution is 0.0529. The Morgan fingerprint density at radius 2 is 1.82 bits per heavy atom. The zero-order valence-corrected chi connectivity index (χ0v) is 12.2. The van der Waals surface area contributed by atoms with Crippen molar-refractivity contribution in [3.63, 3.8) is 0 Å². The van der Waals surface area contributed by atoms with E-state index in [-0.39, 0.29) is 11.8 Å². The number of hydrogen-bond donors (Lipinski definition) is 0. The van der Waals surface area contributed by atoms with Crippen LogP contribution in [0.25, 0.3) is 0 Å². The van der Waals surface area contributed by atoms with Gasteiger partial charge in [0, 0.05) is 44.6 Å². The van der Waals surface area contributed by atoms with Gasteiger partial charge in [0.2, 0.25) is 0 Å². The maximum Gasteiger partial charge on any atom is 0.276 e. The molecule has 1 aliphatic heterocycles. The summed E-state index contributed by atoms with van der Waals surface area (Å²) in [6.45, 7) is 3.70. The molecule has 0 radical (unpaired) electrons. The summed E-state index contributed by atoms with van der Waals surface area (Å²) in [6.07, 6.45) is 3.19. The summed E-state index contributed by atoms with van der Waals surface area (Å²) in [5.74, 6) is 0.386. The first-order valence-electron chi connectivity index (χ1n) is 7.07. The fraction of sp³-hybridized carbons (Fsp3) is 0.333. The van der Waals surface area contributed by atoms with Crippen LogP contribution in [-0.4, -0.2) is 57.9 Å². The Labute approximate surface area is 127 Å². The van der Waals surface area contributed by atoms with Crippen molar-refractivity contribution in [3.8, 4) is 0 Å². The molecule has 0 spiro atoms. The van der Waals surface area contributed by atoms with Gasteiger partial charge in [0.15, 0.2) is 5.69 Å². The fourth-order valence-electron chi connectivity index (χ4n) is 2.41. The highest BCUT2D eigenvalue weighted by Gasteiger charge is 2.26. The summed E-state index contributed by atoms with van der Waals surface area (Å²) < 4.78 is 4.92. The van der Waals surface area contributed by atoms with Crippen LogP contribution in [0.1, 0.15) is 26.6 Å². The van der Waals surface area contributed by atoms with Gasteiger partial charge < -0.3 is 14.3 Å². The molecule has 2 aromatic heterocycles. The van der Waals surface area contributed by atoms with E-state index in [2.05, 4.69) is 10.1 Å². The number of amides is 2. The Hall–Kier alpha value is -2.70. The van der Waals surface area contributed by atoms with Gasteiger partial charge in [-0.05, 0) is 19.1 Å². The minimum Gasteiger partial charge on any atom is -0.361 e. The van der Waals surface area contributed by atoms with Crippen LogP contribution in [0.15, 0.2) is 35.1 Å². The van der Waals surface area contributed by atoms with Crippen molar-refractivity contribution in [2.45, 2.75) is 6.92 Å². The van der Waals surface area contributed by atoms with Crippen LogP contribution < -0.4 is 0 Å². The van der Waals surface area contributed by atoms with Crippen molar-refractivity contribution in [1.29, 1.82) is 0 Å². The van der Waals surface area contributed by atoms with E-state index in [0.29, 0.717) is 43.2 Å². The molecule has 0 N–H and O–H groups in total. The normalized spacial score (nSPS) is 15.0. The van der Waals surface area contributed by atoms with Crippen LogP contribution in [0.4, 0.5) is 0 Å². The molecule has 0 atom stereocenters. The molecule has 2 amide bonds. The summed E-state index contributed by atoms with van der Waals surface area (Å²) in [6, 6.07) is 5.10. The van der Waals surface area contributed by atoms with Gasteiger partial charge in [0.1, 0.15) is 5.76 Å². The molecular formula is C15H16N4O3. The van der Waals surface area contributed by atoms with Gasteiger partial charge in [-0.15, -0.1) is 0 Å². The third-order valence-electron chi connectivity index (χ3n) is 3.61.